The van der Waals surface area contributed by atoms with Gasteiger partial charge in [0.1, 0.15) is 0 Å². The van der Waals surface area contributed by atoms with Gasteiger partial charge in [0, 0.05) is 12.1 Å². The van der Waals surface area contributed by atoms with Gasteiger partial charge in [0.2, 0.25) is 0 Å². The third kappa shape index (κ3) is 3.96. The average molecular weight is 226 g/mol. The van der Waals surface area contributed by atoms with Crippen LogP contribution >= 0.6 is 0 Å². The van der Waals surface area contributed by atoms with Gasteiger partial charge in [0.05, 0.1) is 0 Å². The molecule has 0 aliphatic rings. The Morgan fingerprint density at radius 1 is 1.40 bits per heavy atom. The molecule has 1 nitrogen and oxygen atoms in total. The maximum absolute atomic E-state index is 5.70. The Balaban J connectivity index is 4.58. The minimum atomic E-state index is -1.65. The van der Waals surface area contributed by atoms with E-state index in [1.807, 2.05) is 7.11 Å². The highest BCUT2D eigenvalue weighted by atomic mass is 28.4. The largest absolute Gasteiger partial charge is 0.420 e. The third-order valence-corrected chi connectivity index (χ3v) is 7.78. The van der Waals surface area contributed by atoms with E-state index in [0.717, 1.165) is 12.8 Å². The van der Waals surface area contributed by atoms with E-state index in [4.69, 9.17) is 4.43 Å². The number of rotatable bonds is 6. The summed E-state index contributed by atoms with van der Waals surface area (Å²) in [6.07, 6.45) is 6.63. The Kier molecular flexibility index (Phi) is 5.53. The Morgan fingerprint density at radius 2 is 1.93 bits per heavy atom. The molecule has 0 aliphatic heterocycles. The molecule has 0 N–H and O–H groups in total. The molecular weight excluding hydrogens is 200 g/mol. The molecule has 88 valence electrons. The van der Waals surface area contributed by atoms with E-state index >= 15 is 0 Å². The van der Waals surface area contributed by atoms with Crippen LogP contribution < -0.4 is 0 Å². The Bertz CT molecular complexity index is 239. The Hall–Kier alpha value is -0.343. The molecule has 0 heterocycles. The van der Waals surface area contributed by atoms with Crippen LogP contribution in [0.2, 0.25) is 18.1 Å². The summed E-state index contributed by atoms with van der Waals surface area (Å²) in [6, 6.07) is 0. The molecule has 0 saturated carbocycles. The van der Waals surface area contributed by atoms with Crippen LogP contribution in [0.25, 0.3) is 0 Å². The third-order valence-electron chi connectivity index (χ3n) is 3.55. The summed E-state index contributed by atoms with van der Waals surface area (Å²) in [4.78, 5) is 0. The van der Waals surface area contributed by atoms with E-state index in [1.165, 1.54) is 5.57 Å². The molecule has 0 aromatic carbocycles. The lowest BCUT2D eigenvalue weighted by molar-refractivity contribution is 0.371. The lowest BCUT2D eigenvalue weighted by atomic mass is 10.0. The summed E-state index contributed by atoms with van der Waals surface area (Å²) < 4.78 is 5.70. The van der Waals surface area contributed by atoms with E-state index in [2.05, 4.69) is 52.6 Å². The summed E-state index contributed by atoms with van der Waals surface area (Å²) in [5.41, 5.74) is 1.39. The molecule has 0 aliphatic carbocycles. The first kappa shape index (κ1) is 14.7. The monoisotopic (exact) mass is 226 g/mol. The van der Waals surface area contributed by atoms with Crippen molar-refractivity contribution >= 4 is 8.32 Å². The quantitative estimate of drug-likeness (QED) is 0.477. The molecule has 2 heteroatoms. The van der Waals surface area contributed by atoms with Crippen molar-refractivity contribution < 1.29 is 4.43 Å². The van der Waals surface area contributed by atoms with Gasteiger partial charge in [0.25, 0.3) is 0 Å². The smallest absolute Gasteiger partial charge is 0.195 e. The van der Waals surface area contributed by atoms with Crippen molar-refractivity contribution in [3.8, 4) is 0 Å². The van der Waals surface area contributed by atoms with Crippen molar-refractivity contribution in [2.45, 2.75) is 51.7 Å². The van der Waals surface area contributed by atoms with Crippen LogP contribution in [0.4, 0.5) is 0 Å². The van der Waals surface area contributed by atoms with Crippen LogP contribution in [0.3, 0.4) is 0 Å². The molecule has 0 saturated heterocycles. The summed E-state index contributed by atoms with van der Waals surface area (Å²) in [7, 11) is 0.178. The highest BCUT2D eigenvalue weighted by molar-refractivity contribution is 6.74. The fourth-order valence-electron chi connectivity index (χ4n) is 1.54. The second-order valence-corrected chi connectivity index (χ2v) is 9.73. The lowest BCUT2D eigenvalue weighted by Gasteiger charge is -2.38. The van der Waals surface area contributed by atoms with Gasteiger partial charge >= 0.3 is 0 Å². The van der Waals surface area contributed by atoms with Gasteiger partial charge in [-0.1, -0.05) is 24.6 Å². The first-order valence-corrected chi connectivity index (χ1v) is 8.52. The second-order valence-electron chi connectivity index (χ2n) is 5.16. The van der Waals surface area contributed by atoms with E-state index in [-0.39, 0.29) is 5.04 Å². The lowest BCUT2D eigenvalue weighted by Crippen LogP contribution is -2.41. The molecule has 0 aromatic rings. The molecule has 0 rings (SSSR count). The van der Waals surface area contributed by atoms with Gasteiger partial charge in [-0.05, 0) is 39.8 Å². The molecule has 0 radical (unpaired) electrons. The van der Waals surface area contributed by atoms with Gasteiger partial charge in [-0.15, -0.1) is 6.58 Å². The van der Waals surface area contributed by atoms with E-state index in [0.29, 0.717) is 0 Å². The topological polar surface area (TPSA) is 9.23 Å². The van der Waals surface area contributed by atoms with Gasteiger partial charge in [-0.2, -0.15) is 0 Å². The highest BCUT2D eigenvalue weighted by Gasteiger charge is 2.40. The molecule has 0 fully saturated rings. The zero-order chi connectivity index (χ0) is 12.1. The van der Waals surface area contributed by atoms with Crippen LogP contribution in [0.5, 0.6) is 0 Å². The molecule has 1 atom stereocenters. The fraction of sp³-hybridized carbons (Fsp3) is 0.692. The maximum atomic E-state index is 5.70. The van der Waals surface area contributed by atoms with Crippen molar-refractivity contribution in [2.24, 2.45) is 0 Å². The molecule has 1 unspecified atom stereocenters. The van der Waals surface area contributed by atoms with Crippen LogP contribution in [-0.4, -0.2) is 15.4 Å². The predicted octanol–water partition coefficient (Wildman–Crippen LogP) is 4.53. The molecule has 0 bridgehead atoms. The first-order valence-electron chi connectivity index (χ1n) is 5.61. The second kappa shape index (κ2) is 5.66. The molecule has 0 spiro atoms. The van der Waals surface area contributed by atoms with Crippen molar-refractivity contribution in [3.05, 3.63) is 24.3 Å². The average Bonchev–Trinajstić information content (AvgIpc) is 2.16. The van der Waals surface area contributed by atoms with Crippen molar-refractivity contribution in [1.29, 1.82) is 0 Å². The summed E-state index contributed by atoms with van der Waals surface area (Å²) in [5.74, 6) is 0. The minimum Gasteiger partial charge on any atom is -0.420 e. The van der Waals surface area contributed by atoms with Gasteiger partial charge < -0.3 is 4.43 Å². The van der Waals surface area contributed by atoms with E-state index < -0.39 is 8.32 Å². The maximum Gasteiger partial charge on any atom is 0.195 e. The number of hydrogen-bond donors (Lipinski definition) is 0. The van der Waals surface area contributed by atoms with Crippen LogP contribution in [0, 0.1) is 0 Å². The van der Waals surface area contributed by atoms with Crippen molar-refractivity contribution in [3.63, 3.8) is 0 Å². The van der Waals surface area contributed by atoms with E-state index in [9.17, 15) is 0 Å². The Morgan fingerprint density at radius 3 is 2.27 bits per heavy atom. The zero-order valence-electron chi connectivity index (χ0n) is 11.2. The van der Waals surface area contributed by atoms with Crippen LogP contribution in [-0.2, 0) is 4.43 Å². The first-order chi connectivity index (χ1) is 6.79. The zero-order valence-corrected chi connectivity index (χ0v) is 12.2. The summed E-state index contributed by atoms with van der Waals surface area (Å²) in [6.45, 7) is 15.1. The Labute approximate surface area is 96.4 Å². The van der Waals surface area contributed by atoms with Gasteiger partial charge in [0.15, 0.2) is 8.32 Å². The molecule has 15 heavy (non-hydrogen) atoms. The van der Waals surface area contributed by atoms with Crippen molar-refractivity contribution in [1.82, 2.24) is 0 Å². The van der Waals surface area contributed by atoms with Crippen LogP contribution in [0.1, 0.15) is 33.6 Å². The number of allylic oxidation sites excluding steroid dienone is 3. The van der Waals surface area contributed by atoms with Crippen molar-refractivity contribution in [2.75, 3.05) is 7.11 Å². The van der Waals surface area contributed by atoms with Gasteiger partial charge in [-0.3, -0.25) is 0 Å². The number of hydrogen-bond acceptors (Lipinski definition) is 1. The van der Waals surface area contributed by atoms with E-state index in [1.54, 1.807) is 0 Å². The minimum absolute atomic E-state index is 0.160. The standard InChI is InChI=1S/C13H26OSi/c1-8-13(4,15(6,7)14-5)11-9-10-12(2)3/h8,10H,1,9,11H2,2-7H3. The normalized spacial score (nSPS) is 15.6. The molecule has 0 aromatic heterocycles. The molecule has 0 amide bonds. The van der Waals surface area contributed by atoms with Gasteiger partial charge in [-0.25, -0.2) is 0 Å². The van der Waals surface area contributed by atoms with Crippen LogP contribution in [0.15, 0.2) is 24.3 Å². The summed E-state index contributed by atoms with van der Waals surface area (Å²) in [5, 5.41) is 0.160. The summed E-state index contributed by atoms with van der Waals surface area (Å²) >= 11 is 0. The predicted molar refractivity (Wildman–Crippen MR) is 71.7 cm³/mol. The highest BCUT2D eigenvalue weighted by Crippen LogP contribution is 2.43. The fourth-order valence-corrected chi connectivity index (χ4v) is 3.25. The SMILES string of the molecule is C=CC(C)(CCC=C(C)C)[Si](C)(C)OC. The molecular formula is C13H26OSi.